The molecule has 0 saturated heterocycles. The molecule has 1 fully saturated rings. The van der Waals surface area contributed by atoms with Crippen LogP contribution in [-0.2, 0) is 0 Å². The van der Waals surface area contributed by atoms with Gasteiger partial charge >= 0.3 is 5.69 Å². The SMILES string of the molecule is CC1(CNc2ncnc(Cl)c2[N+](=O)[O-])CCCCC1. The topological polar surface area (TPSA) is 81.0 Å². The second kappa shape index (κ2) is 5.69. The summed E-state index contributed by atoms with van der Waals surface area (Å²) in [6, 6.07) is 0. The molecule has 0 amide bonds. The highest BCUT2D eigenvalue weighted by Gasteiger charge is 2.28. The Hall–Kier alpha value is -1.43. The maximum Gasteiger partial charge on any atom is 0.348 e. The van der Waals surface area contributed by atoms with Crippen LogP contribution >= 0.6 is 11.6 Å². The van der Waals surface area contributed by atoms with E-state index < -0.39 is 4.92 Å². The molecule has 104 valence electrons. The minimum atomic E-state index is -0.548. The lowest BCUT2D eigenvalue weighted by Gasteiger charge is -2.33. The molecule has 1 aromatic rings. The van der Waals surface area contributed by atoms with Crippen LogP contribution in [-0.4, -0.2) is 21.4 Å². The van der Waals surface area contributed by atoms with Crippen molar-refractivity contribution in [2.45, 2.75) is 39.0 Å². The van der Waals surface area contributed by atoms with Gasteiger partial charge in [0.25, 0.3) is 0 Å². The Balaban J connectivity index is 2.11. The standard InChI is InChI=1S/C12H17ClN4O2/c1-12(5-3-2-4-6-12)7-14-11-9(17(18)19)10(13)15-8-16-11/h8H,2-7H2,1H3,(H,14,15,16). The molecular formula is C12H17ClN4O2. The quantitative estimate of drug-likeness (QED) is 0.520. The van der Waals surface area contributed by atoms with Crippen molar-refractivity contribution in [1.29, 1.82) is 0 Å². The Kier molecular flexibility index (Phi) is 4.19. The lowest BCUT2D eigenvalue weighted by molar-refractivity contribution is -0.384. The molecule has 19 heavy (non-hydrogen) atoms. The van der Waals surface area contributed by atoms with Crippen LogP contribution in [0, 0.1) is 15.5 Å². The van der Waals surface area contributed by atoms with Crippen molar-refractivity contribution >= 4 is 23.1 Å². The molecule has 2 rings (SSSR count). The lowest BCUT2D eigenvalue weighted by Crippen LogP contribution is -2.29. The van der Waals surface area contributed by atoms with Gasteiger partial charge in [-0.3, -0.25) is 10.1 Å². The van der Waals surface area contributed by atoms with E-state index in [1.165, 1.54) is 25.6 Å². The molecule has 0 unspecified atom stereocenters. The first-order valence-corrected chi connectivity index (χ1v) is 6.78. The number of halogens is 1. The third kappa shape index (κ3) is 3.32. The summed E-state index contributed by atoms with van der Waals surface area (Å²) < 4.78 is 0. The van der Waals surface area contributed by atoms with Crippen LogP contribution in [0.25, 0.3) is 0 Å². The van der Waals surface area contributed by atoms with Crippen LogP contribution in [0.5, 0.6) is 0 Å². The summed E-state index contributed by atoms with van der Waals surface area (Å²) in [5.74, 6) is 0.205. The van der Waals surface area contributed by atoms with E-state index in [0.29, 0.717) is 6.54 Å². The molecule has 0 spiro atoms. The first kappa shape index (κ1) is 14.0. The van der Waals surface area contributed by atoms with Gasteiger partial charge in [-0.25, -0.2) is 9.97 Å². The molecule has 1 saturated carbocycles. The molecule has 0 radical (unpaired) electrons. The number of hydrogen-bond donors (Lipinski definition) is 1. The fourth-order valence-corrected chi connectivity index (χ4v) is 2.73. The van der Waals surface area contributed by atoms with E-state index >= 15 is 0 Å². The fourth-order valence-electron chi connectivity index (χ4n) is 2.53. The van der Waals surface area contributed by atoms with Gasteiger partial charge in [0, 0.05) is 6.54 Å². The van der Waals surface area contributed by atoms with Crippen LogP contribution in [0.1, 0.15) is 39.0 Å². The lowest BCUT2D eigenvalue weighted by atomic mass is 9.76. The van der Waals surface area contributed by atoms with Crippen molar-refractivity contribution in [3.8, 4) is 0 Å². The van der Waals surface area contributed by atoms with Crippen molar-refractivity contribution in [2.24, 2.45) is 5.41 Å². The Labute approximate surface area is 116 Å². The molecule has 1 aliphatic carbocycles. The van der Waals surface area contributed by atoms with E-state index in [4.69, 9.17) is 11.6 Å². The highest BCUT2D eigenvalue weighted by atomic mass is 35.5. The van der Waals surface area contributed by atoms with Gasteiger partial charge in [0.05, 0.1) is 4.92 Å². The number of nitrogens with one attached hydrogen (secondary N) is 1. The molecule has 1 N–H and O–H groups in total. The third-order valence-corrected chi connectivity index (χ3v) is 3.98. The van der Waals surface area contributed by atoms with Crippen molar-refractivity contribution in [2.75, 3.05) is 11.9 Å². The second-order valence-electron chi connectivity index (χ2n) is 5.34. The Bertz CT molecular complexity index is 475. The minimum Gasteiger partial charge on any atom is -0.364 e. The van der Waals surface area contributed by atoms with Gasteiger partial charge in [-0.05, 0) is 18.3 Å². The summed E-state index contributed by atoms with van der Waals surface area (Å²) in [5.41, 5.74) is -0.0765. The minimum absolute atomic E-state index is 0.128. The highest BCUT2D eigenvalue weighted by Crippen LogP contribution is 2.36. The molecule has 0 aliphatic heterocycles. The van der Waals surface area contributed by atoms with Crippen LogP contribution in [0.4, 0.5) is 11.5 Å². The first-order valence-electron chi connectivity index (χ1n) is 6.41. The molecule has 0 bridgehead atoms. The number of rotatable bonds is 4. The maximum atomic E-state index is 11.0. The molecule has 6 nitrogen and oxygen atoms in total. The zero-order valence-electron chi connectivity index (χ0n) is 10.9. The van der Waals surface area contributed by atoms with E-state index in [1.807, 2.05) is 0 Å². The van der Waals surface area contributed by atoms with Gasteiger partial charge in [0.1, 0.15) is 6.33 Å². The van der Waals surface area contributed by atoms with Gasteiger partial charge in [0.2, 0.25) is 11.0 Å². The molecule has 1 aromatic heterocycles. The number of hydrogen-bond acceptors (Lipinski definition) is 5. The van der Waals surface area contributed by atoms with Gasteiger partial charge in [0.15, 0.2) is 0 Å². The number of nitro groups is 1. The van der Waals surface area contributed by atoms with Crippen LogP contribution in [0.3, 0.4) is 0 Å². The second-order valence-corrected chi connectivity index (χ2v) is 5.70. The monoisotopic (exact) mass is 284 g/mol. The Morgan fingerprint density at radius 2 is 2.11 bits per heavy atom. The number of aromatic nitrogens is 2. The first-order chi connectivity index (χ1) is 9.02. The van der Waals surface area contributed by atoms with Crippen molar-refractivity contribution in [3.63, 3.8) is 0 Å². The molecule has 7 heteroatoms. The summed E-state index contributed by atoms with van der Waals surface area (Å²) in [7, 11) is 0. The fraction of sp³-hybridized carbons (Fsp3) is 0.667. The summed E-state index contributed by atoms with van der Waals surface area (Å²) in [6.45, 7) is 2.87. The van der Waals surface area contributed by atoms with Gasteiger partial charge in [-0.2, -0.15) is 0 Å². The molecule has 1 aliphatic rings. The molecule has 1 heterocycles. The average Bonchev–Trinajstić information content (AvgIpc) is 2.37. The summed E-state index contributed by atoms with van der Waals surface area (Å²) >= 11 is 5.75. The normalized spacial score (nSPS) is 18.0. The van der Waals surface area contributed by atoms with E-state index in [-0.39, 0.29) is 22.1 Å². The van der Waals surface area contributed by atoms with Gasteiger partial charge in [-0.15, -0.1) is 0 Å². The smallest absolute Gasteiger partial charge is 0.348 e. The molecule has 0 atom stereocenters. The third-order valence-electron chi connectivity index (χ3n) is 3.70. The average molecular weight is 285 g/mol. The van der Waals surface area contributed by atoms with Gasteiger partial charge in [-0.1, -0.05) is 37.8 Å². The van der Waals surface area contributed by atoms with Crippen LogP contribution in [0.2, 0.25) is 5.15 Å². The zero-order valence-corrected chi connectivity index (χ0v) is 11.6. The Morgan fingerprint density at radius 3 is 2.74 bits per heavy atom. The molecule has 0 aromatic carbocycles. The van der Waals surface area contributed by atoms with Crippen molar-refractivity contribution in [1.82, 2.24) is 9.97 Å². The van der Waals surface area contributed by atoms with E-state index in [9.17, 15) is 10.1 Å². The van der Waals surface area contributed by atoms with Crippen molar-refractivity contribution < 1.29 is 4.92 Å². The largest absolute Gasteiger partial charge is 0.364 e. The summed E-state index contributed by atoms with van der Waals surface area (Å²) in [5, 5.41) is 13.9. The van der Waals surface area contributed by atoms with E-state index in [2.05, 4.69) is 22.2 Å². The Morgan fingerprint density at radius 1 is 1.42 bits per heavy atom. The van der Waals surface area contributed by atoms with E-state index in [1.54, 1.807) is 0 Å². The predicted molar refractivity (Wildman–Crippen MR) is 73.4 cm³/mol. The number of anilines is 1. The predicted octanol–water partition coefficient (Wildman–Crippen LogP) is 3.42. The van der Waals surface area contributed by atoms with Crippen LogP contribution < -0.4 is 5.32 Å². The van der Waals surface area contributed by atoms with Crippen molar-refractivity contribution in [3.05, 3.63) is 21.6 Å². The number of nitrogens with zero attached hydrogens (tertiary/aromatic N) is 3. The summed E-state index contributed by atoms with van der Waals surface area (Å²) in [4.78, 5) is 18.0. The van der Waals surface area contributed by atoms with E-state index in [0.717, 1.165) is 12.8 Å². The maximum absolute atomic E-state index is 11.0. The zero-order chi connectivity index (χ0) is 13.9. The van der Waals surface area contributed by atoms with Gasteiger partial charge < -0.3 is 5.32 Å². The van der Waals surface area contributed by atoms with Crippen LogP contribution in [0.15, 0.2) is 6.33 Å². The highest BCUT2D eigenvalue weighted by molar-refractivity contribution is 6.31. The summed E-state index contributed by atoms with van der Waals surface area (Å²) in [6.07, 6.45) is 7.20. The molecular weight excluding hydrogens is 268 g/mol.